The number of carbonyl (C=O) groups excluding carboxylic acids is 3. The normalized spacial score (nSPS) is 19.3. The molecule has 10 heteroatoms. The molecule has 1 N–H and O–H groups in total. The van der Waals surface area contributed by atoms with E-state index < -0.39 is 34.7 Å². The molecule has 1 saturated heterocycles. The van der Waals surface area contributed by atoms with Gasteiger partial charge in [-0.2, -0.15) is 0 Å². The molecule has 1 aromatic heterocycles. The number of amides is 3. The summed E-state index contributed by atoms with van der Waals surface area (Å²) < 4.78 is 15.1. The van der Waals surface area contributed by atoms with Gasteiger partial charge in [-0.1, -0.05) is 98.5 Å². The highest BCUT2D eigenvalue weighted by Gasteiger charge is 2.56. The third kappa shape index (κ3) is 5.25. The second kappa shape index (κ2) is 11.4. The van der Waals surface area contributed by atoms with Gasteiger partial charge in [0.15, 0.2) is 0 Å². The molecule has 3 amide bonds. The maximum absolute atomic E-state index is 14.1. The predicted octanol–water partition coefficient (Wildman–Crippen LogP) is 6.93. The molecular weight excluding hydrogens is 622 g/mol. The molecule has 2 aliphatic rings. The lowest BCUT2D eigenvalue weighted by molar-refractivity contribution is -0.122. The Morgan fingerprint density at radius 3 is 2.26 bits per heavy atom. The number of fused-ring (bicyclic) bond motifs is 3. The maximum atomic E-state index is 14.1. The number of rotatable bonds is 5. The largest absolute Gasteiger partial charge is 0.325 e. The molecule has 3 unspecified atom stereocenters. The van der Waals surface area contributed by atoms with Crippen molar-refractivity contribution in [2.75, 3.05) is 10.2 Å². The molecule has 0 radical (unpaired) electrons. The molecule has 0 saturated carbocycles. The lowest BCUT2D eigenvalue weighted by atomic mass is 9.81. The minimum Gasteiger partial charge on any atom is -0.325 e. The van der Waals surface area contributed by atoms with Gasteiger partial charge < -0.3 is 5.32 Å². The monoisotopic (exact) mass is 651 g/mol. The Bertz CT molecular complexity index is 2080. The van der Waals surface area contributed by atoms with Crippen molar-refractivity contribution in [1.29, 1.82) is 0 Å². The number of thioether (sulfide) groups is 1. The Morgan fingerprint density at radius 1 is 0.870 bits per heavy atom. The number of aromatic nitrogens is 1. The Labute approximate surface area is 273 Å². The topological polar surface area (TPSA) is 88.5 Å². The van der Waals surface area contributed by atoms with Crippen molar-refractivity contribution in [1.82, 2.24) is 4.57 Å². The molecule has 0 spiro atoms. The molecular formula is C36H30FN3O4S2. The van der Waals surface area contributed by atoms with Crippen LogP contribution in [0.2, 0.25) is 0 Å². The number of carbonyl (C=O) groups is 3. The zero-order valence-corrected chi connectivity index (χ0v) is 27.0. The number of imide groups is 1. The van der Waals surface area contributed by atoms with Gasteiger partial charge in [-0.15, -0.1) is 0 Å². The average molecular weight is 652 g/mol. The van der Waals surface area contributed by atoms with E-state index in [0.717, 1.165) is 49.9 Å². The van der Waals surface area contributed by atoms with Crippen LogP contribution in [-0.2, 0) is 26.3 Å². The summed E-state index contributed by atoms with van der Waals surface area (Å²) in [4.78, 5) is 56.3. The number of thiazole rings is 1. The van der Waals surface area contributed by atoms with E-state index in [1.165, 1.54) is 28.8 Å². The van der Waals surface area contributed by atoms with Crippen LogP contribution in [0.3, 0.4) is 0 Å². The summed E-state index contributed by atoms with van der Waals surface area (Å²) in [6.45, 7) is 6.09. The smallest absolute Gasteiger partial charge is 0.308 e. The van der Waals surface area contributed by atoms with E-state index in [1.54, 1.807) is 0 Å². The average Bonchev–Trinajstić information content (AvgIpc) is 3.47. The second-order valence-corrected chi connectivity index (χ2v) is 14.8. The fourth-order valence-corrected chi connectivity index (χ4v) is 9.03. The van der Waals surface area contributed by atoms with Crippen LogP contribution in [0.15, 0.2) is 101 Å². The van der Waals surface area contributed by atoms with E-state index in [1.807, 2.05) is 66.7 Å². The van der Waals surface area contributed by atoms with Crippen LogP contribution >= 0.6 is 23.1 Å². The first kappa shape index (κ1) is 30.1. The van der Waals surface area contributed by atoms with E-state index >= 15 is 0 Å². The van der Waals surface area contributed by atoms with Crippen molar-refractivity contribution < 1.29 is 18.8 Å². The van der Waals surface area contributed by atoms with Gasteiger partial charge in [0.05, 0.1) is 16.6 Å². The van der Waals surface area contributed by atoms with Crippen LogP contribution in [0.1, 0.15) is 42.7 Å². The zero-order chi connectivity index (χ0) is 32.3. The van der Waals surface area contributed by atoms with Crippen molar-refractivity contribution in [3.63, 3.8) is 0 Å². The predicted molar refractivity (Wildman–Crippen MR) is 180 cm³/mol. The summed E-state index contributed by atoms with van der Waals surface area (Å²) in [5, 5.41) is 4.60. The molecule has 1 fully saturated rings. The molecule has 2 aliphatic heterocycles. The minimum absolute atomic E-state index is 0.0975. The van der Waals surface area contributed by atoms with Gasteiger partial charge in [0, 0.05) is 16.5 Å². The summed E-state index contributed by atoms with van der Waals surface area (Å²) >= 11 is 2.16. The van der Waals surface area contributed by atoms with Gasteiger partial charge in [0.2, 0.25) is 17.7 Å². The molecule has 0 aliphatic carbocycles. The van der Waals surface area contributed by atoms with E-state index in [2.05, 4.69) is 26.1 Å². The van der Waals surface area contributed by atoms with Crippen LogP contribution in [0, 0.1) is 11.7 Å². The van der Waals surface area contributed by atoms with Crippen LogP contribution in [0.25, 0.3) is 10.8 Å². The lowest BCUT2D eigenvalue weighted by Crippen LogP contribution is -2.33. The molecule has 7 nitrogen and oxygen atoms in total. The van der Waals surface area contributed by atoms with Crippen LogP contribution in [0.4, 0.5) is 15.8 Å². The quantitative estimate of drug-likeness (QED) is 0.208. The molecule has 7 rings (SSSR count). The van der Waals surface area contributed by atoms with E-state index in [-0.39, 0.29) is 22.7 Å². The van der Waals surface area contributed by atoms with E-state index in [0.29, 0.717) is 21.3 Å². The number of halogens is 1. The molecule has 46 heavy (non-hydrogen) atoms. The first-order chi connectivity index (χ1) is 22.0. The number of hydrogen-bond acceptors (Lipinski definition) is 6. The molecule has 3 heterocycles. The highest BCUT2D eigenvalue weighted by molar-refractivity contribution is 8.00. The van der Waals surface area contributed by atoms with Crippen molar-refractivity contribution in [3.8, 4) is 0 Å². The van der Waals surface area contributed by atoms with Crippen LogP contribution in [0.5, 0.6) is 0 Å². The summed E-state index contributed by atoms with van der Waals surface area (Å²) in [7, 11) is 0. The zero-order valence-electron chi connectivity index (χ0n) is 25.3. The summed E-state index contributed by atoms with van der Waals surface area (Å²) in [6.07, 6.45) is 0. The van der Waals surface area contributed by atoms with Gasteiger partial charge in [-0.05, 0) is 63.7 Å². The minimum atomic E-state index is -0.832. The molecule has 5 aromatic rings. The van der Waals surface area contributed by atoms with Gasteiger partial charge in [-0.25, -0.2) is 9.29 Å². The van der Waals surface area contributed by atoms with Crippen LogP contribution in [-0.4, -0.2) is 27.5 Å². The Balaban J connectivity index is 1.27. The van der Waals surface area contributed by atoms with Crippen molar-refractivity contribution in [3.05, 3.63) is 122 Å². The highest BCUT2D eigenvalue weighted by Crippen LogP contribution is 2.54. The Morgan fingerprint density at radius 2 is 1.57 bits per heavy atom. The third-order valence-corrected chi connectivity index (χ3v) is 11.2. The fraction of sp³-hybridized carbons (Fsp3) is 0.222. The standard InChI is InChI=1S/C36H30FN3O4S2/c1-36(2,3)23-11-8-21(9-12-23)28-29-30(33(43)40(32(29)42)26-16-13-24(37)14-17-26)45-34-31(28)46-35(44)39(34)19-27(41)38-25-15-10-20-6-4-5-7-22(20)18-25/h4-18,28-30H,19H2,1-3H3,(H,38,41). The molecule has 4 aromatic carbocycles. The summed E-state index contributed by atoms with van der Waals surface area (Å²) in [5.74, 6) is -3.05. The first-order valence-electron chi connectivity index (χ1n) is 14.9. The van der Waals surface area contributed by atoms with Gasteiger partial charge in [0.1, 0.15) is 17.6 Å². The number of nitrogens with one attached hydrogen (secondary N) is 1. The van der Waals surface area contributed by atoms with Crippen LogP contribution < -0.4 is 15.1 Å². The number of anilines is 2. The molecule has 3 atom stereocenters. The first-order valence-corrected chi connectivity index (χ1v) is 16.6. The van der Waals surface area contributed by atoms with E-state index in [4.69, 9.17) is 0 Å². The number of nitrogens with zero attached hydrogens (tertiary/aromatic N) is 2. The maximum Gasteiger partial charge on any atom is 0.308 e. The Hall–Kier alpha value is -4.54. The number of hydrogen-bond donors (Lipinski definition) is 1. The number of benzene rings is 4. The van der Waals surface area contributed by atoms with Gasteiger partial charge >= 0.3 is 4.87 Å². The third-order valence-electron chi connectivity index (χ3n) is 8.60. The lowest BCUT2D eigenvalue weighted by Gasteiger charge is -2.31. The molecule has 232 valence electrons. The van der Waals surface area contributed by atoms with Gasteiger partial charge in [0.25, 0.3) is 0 Å². The van der Waals surface area contributed by atoms with Crippen molar-refractivity contribution in [2.24, 2.45) is 5.92 Å². The SMILES string of the molecule is CC(C)(C)c1ccc(C2c3sc(=O)n(CC(=O)Nc4ccc5ccccc5c4)c3SC3C(=O)N(c4ccc(F)cc4)C(=O)C32)cc1. The van der Waals surface area contributed by atoms with Crippen molar-refractivity contribution in [2.45, 2.75) is 48.9 Å². The Kier molecular flexibility index (Phi) is 7.44. The van der Waals surface area contributed by atoms with E-state index in [9.17, 15) is 23.6 Å². The fourth-order valence-electron chi connectivity index (χ4n) is 6.26. The van der Waals surface area contributed by atoms with Crippen molar-refractivity contribution >= 4 is 63.0 Å². The molecule has 0 bridgehead atoms. The highest BCUT2D eigenvalue weighted by atomic mass is 32.2. The summed E-state index contributed by atoms with van der Waals surface area (Å²) in [6, 6.07) is 26.7. The van der Waals surface area contributed by atoms with Gasteiger partial charge in [-0.3, -0.25) is 23.7 Å². The summed E-state index contributed by atoms with van der Waals surface area (Å²) in [5.41, 5.74) is 2.72. The second-order valence-electron chi connectivity index (χ2n) is 12.6.